The minimum atomic E-state index is -1.12. The second kappa shape index (κ2) is 3.69. The highest BCUT2D eigenvalue weighted by Gasteiger charge is 2.53. The first kappa shape index (κ1) is 11.2. The molecule has 3 unspecified atom stereocenters. The number of Topliss-reactive ketones (excluding diaryl/α,β-unsaturated/α-hetero) is 1. The molecule has 0 aliphatic carbocycles. The van der Waals surface area contributed by atoms with Gasteiger partial charge in [-0.15, -0.1) is 0 Å². The fourth-order valence-corrected chi connectivity index (χ4v) is 2.00. The van der Waals surface area contributed by atoms with Gasteiger partial charge >= 0.3 is 5.97 Å². The Bertz CT molecular complexity index is 259. The predicted molar refractivity (Wildman–Crippen MR) is 49.5 cm³/mol. The fraction of sp³-hybridized carbons (Fsp3) is 0.800. The predicted octanol–water partition coefficient (Wildman–Crippen LogP) is 0.526. The molecule has 0 spiro atoms. The summed E-state index contributed by atoms with van der Waals surface area (Å²) in [5.74, 6) is -1.10. The van der Waals surface area contributed by atoms with Crippen LogP contribution in [0.25, 0.3) is 0 Å². The van der Waals surface area contributed by atoms with E-state index in [0.717, 1.165) is 0 Å². The highest BCUT2D eigenvalue weighted by molar-refractivity contribution is 6.04. The normalized spacial score (nSPS) is 31.0. The molecule has 1 heterocycles. The summed E-state index contributed by atoms with van der Waals surface area (Å²) in [5, 5.41) is 9.45. The van der Waals surface area contributed by atoms with Gasteiger partial charge in [-0.1, -0.05) is 6.92 Å². The lowest BCUT2D eigenvalue weighted by atomic mass is 9.70. The van der Waals surface area contributed by atoms with Crippen LogP contribution in [0.15, 0.2) is 0 Å². The smallest absolute Gasteiger partial charge is 0.320 e. The van der Waals surface area contributed by atoms with Gasteiger partial charge in [0.1, 0.15) is 11.2 Å². The summed E-state index contributed by atoms with van der Waals surface area (Å²) in [4.78, 5) is 23.0. The molecule has 1 saturated heterocycles. The summed E-state index contributed by atoms with van der Waals surface area (Å²) in [6.07, 6.45) is -0.308. The van der Waals surface area contributed by atoms with Crippen LogP contribution in [0.4, 0.5) is 0 Å². The van der Waals surface area contributed by atoms with Gasteiger partial charge in [-0.05, 0) is 13.8 Å². The third kappa shape index (κ3) is 1.43. The second-order valence-corrected chi connectivity index (χ2v) is 3.94. The van der Waals surface area contributed by atoms with Gasteiger partial charge in [-0.2, -0.15) is 0 Å². The first-order valence-corrected chi connectivity index (χ1v) is 4.79. The van der Waals surface area contributed by atoms with Crippen molar-refractivity contribution in [2.45, 2.75) is 33.3 Å². The summed E-state index contributed by atoms with van der Waals surface area (Å²) in [7, 11) is 0. The van der Waals surface area contributed by atoms with Gasteiger partial charge < -0.3 is 9.84 Å². The molecule has 1 fully saturated rings. The van der Waals surface area contributed by atoms with Crippen LogP contribution < -0.4 is 0 Å². The largest absolute Gasteiger partial charge is 0.465 e. The lowest BCUT2D eigenvalue weighted by Gasteiger charge is -2.30. The van der Waals surface area contributed by atoms with E-state index >= 15 is 0 Å². The number of aliphatic hydroxyl groups excluding tert-OH is 1. The summed E-state index contributed by atoms with van der Waals surface area (Å²) < 4.78 is 4.83. The van der Waals surface area contributed by atoms with Crippen molar-refractivity contribution in [2.75, 3.05) is 6.61 Å². The first-order chi connectivity index (χ1) is 6.43. The molecule has 0 aromatic heterocycles. The molecule has 1 aliphatic rings. The molecule has 0 bridgehead atoms. The first-order valence-electron chi connectivity index (χ1n) is 4.79. The Morgan fingerprint density at radius 2 is 2.14 bits per heavy atom. The number of carbonyl (C=O) groups excluding carboxylic acids is 2. The lowest BCUT2D eigenvalue weighted by Crippen LogP contribution is -2.44. The van der Waals surface area contributed by atoms with E-state index in [1.165, 1.54) is 6.92 Å². The lowest BCUT2D eigenvalue weighted by molar-refractivity contribution is -0.156. The Morgan fingerprint density at radius 1 is 1.57 bits per heavy atom. The van der Waals surface area contributed by atoms with Gasteiger partial charge in [0, 0.05) is 12.3 Å². The fourth-order valence-electron chi connectivity index (χ4n) is 2.00. The number of ketones is 1. The van der Waals surface area contributed by atoms with Crippen molar-refractivity contribution >= 4 is 11.8 Å². The van der Waals surface area contributed by atoms with Crippen molar-refractivity contribution in [1.82, 2.24) is 0 Å². The minimum Gasteiger partial charge on any atom is -0.465 e. The van der Waals surface area contributed by atoms with Crippen molar-refractivity contribution < 1.29 is 19.4 Å². The van der Waals surface area contributed by atoms with E-state index in [9.17, 15) is 14.7 Å². The Labute approximate surface area is 83.2 Å². The number of ether oxygens (including phenoxy) is 1. The maximum absolute atomic E-state index is 11.5. The van der Waals surface area contributed by atoms with Crippen LogP contribution in [-0.4, -0.2) is 29.6 Å². The molecule has 4 nitrogen and oxygen atoms in total. The van der Waals surface area contributed by atoms with E-state index in [1.807, 2.05) is 0 Å². The molecule has 1 rings (SSSR count). The van der Waals surface area contributed by atoms with Gasteiger partial charge in [0.15, 0.2) is 0 Å². The van der Waals surface area contributed by atoms with Crippen LogP contribution in [0.2, 0.25) is 0 Å². The highest BCUT2D eigenvalue weighted by atomic mass is 16.5. The van der Waals surface area contributed by atoms with Crippen LogP contribution in [0, 0.1) is 11.3 Å². The van der Waals surface area contributed by atoms with Crippen molar-refractivity contribution in [3.8, 4) is 0 Å². The third-order valence-electron chi connectivity index (χ3n) is 3.22. The topological polar surface area (TPSA) is 63.6 Å². The van der Waals surface area contributed by atoms with Crippen molar-refractivity contribution in [1.29, 1.82) is 0 Å². The number of rotatable bonds is 3. The SMILES string of the molecule is CC(=O)C1(C(C)C(C)O)CCOC1=O. The van der Waals surface area contributed by atoms with Gasteiger partial charge in [0.2, 0.25) is 0 Å². The number of hydrogen-bond donors (Lipinski definition) is 1. The molecule has 1 aliphatic heterocycles. The van der Waals surface area contributed by atoms with Crippen LogP contribution >= 0.6 is 0 Å². The molecule has 14 heavy (non-hydrogen) atoms. The molecular formula is C10H16O4. The molecule has 4 heteroatoms. The molecule has 0 amide bonds. The van der Waals surface area contributed by atoms with Crippen LogP contribution in [0.5, 0.6) is 0 Å². The van der Waals surface area contributed by atoms with E-state index in [-0.39, 0.29) is 12.4 Å². The number of carbonyl (C=O) groups is 2. The average Bonchev–Trinajstić information content (AvgIpc) is 2.46. The highest BCUT2D eigenvalue weighted by Crippen LogP contribution is 2.40. The Morgan fingerprint density at radius 3 is 2.43 bits per heavy atom. The zero-order valence-corrected chi connectivity index (χ0v) is 8.74. The van der Waals surface area contributed by atoms with Crippen LogP contribution in [0.3, 0.4) is 0 Å². The van der Waals surface area contributed by atoms with Crippen molar-refractivity contribution in [3.05, 3.63) is 0 Å². The van der Waals surface area contributed by atoms with Gasteiger partial charge in [0.25, 0.3) is 0 Å². The van der Waals surface area contributed by atoms with Gasteiger partial charge in [0.05, 0.1) is 12.7 Å². The zero-order chi connectivity index (χ0) is 10.9. The molecule has 1 N–H and O–H groups in total. The maximum atomic E-state index is 11.5. The Kier molecular flexibility index (Phi) is 2.95. The molecular weight excluding hydrogens is 184 g/mol. The van der Waals surface area contributed by atoms with Crippen molar-refractivity contribution in [3.63, 3.8) is 0 Å². The average molecular weight is 200 g/mol. The van der Waals surface area contributed by atoms with E-state index in [4.69, 9.17) is 4.74 Å². The van der Waals surface area contributed by atoms with E-state index in [0.29, 0.717) is 6.42 Å². The van der Waals surface area contributed by atoms with Gasteiger partial charge in [-0.3, -0.25) is 9.59 Å². The van der Waals surface area contributed by atoms with E-state index in [2.05, 4.69) is 0 Å². The molecule has 0 aromatic rings. The Hall–Kier alpha value is -0.900. The summed E-state index contributed by atoms with van der Waals surface area (Å²) in [5.41, 5.74) is -1.12. The van der Waals surface area contributed by atoms with Crippen LogP contribution in [-0.2, 0) is 14.3 Å². The third-order valence-corrected chi connectivity index (χ3v) is 3.22. The van der Waals surface area contributed by atoms with E-state index < -0.39 is 23.4 Å². The maximum Gasteiger partial charge on any atom is 0.320 e. The molecule has 80 valence electrons. The van der Waals surface area contributed by atoms with Crippen molar-refractivity contribution in [2.24, 2.45) is 11.3 Å². The number of aliphatic hydroxyl groups is 1. The molecule has 3 atom stereocenters. The number of hydrogen-bond acceptors (Lipinski definition) is 4. The van der Waals surface area contributed by atoms with Gasteiger partial charge in [-0.25, -0.2) is 0 Å². The number of esters is 1. The minimum absolute atomic E-state index is 0.214. The monoisotopic (exact) mass is 200 g/mol. The summed E-state index contributed by atoms with van der Waals surface area (Å²) in [6.45, 7) is 4.94. The zero-order valence-electron chi connectivity index (χ0n) is 8.74. The molecule has 0 radical (unpaired) electrons. The standard InChI is InChI=1S/C10H16O4/c1-6(7(2)11)10(8(3)12)4-5-14-9(10)13/h6-7,11H,4-5H2,1-3H3. The van der Waals surface area contributed by atoms with Crippen LogP contribution in [0.1, 0.15) is 27.2 Å². The quantitative estimate of drug-likeness (QED) is 0.533. The Balaban J connectivity index is 3.05. The van der Waals surface area contributed by atoms with E-state index in [1.54, 1.807) is 13.8 Å². The molecule has 0 saturated carbocycles. The second-order valence-electron chi connectivity index (χ2n) is 3.94. The molecule has 0 aromatic carbocycles. The summed E-state index contributed by atoms with van der Waals surface area (Å²) >= 11 is 0. The summed E-state index contributed by atoms with van der Waals surface area (Å²) in [6, 6.07) is 0. The number of cyclic esters (lactones) is 1.